The first kappa shape index (κ1) is 22.0. The van der Waals surface area contributed by atoms with Crippen LogP contribution in [0.25, 0.3) is 10.9 Å². The lowest BCUT2D eigenvalue weighted by Crippen LogP contribution is -2.23. The van der Waals surface area contributed by atoms with Crippen molar-refractivity contribution in [1.82, 2.24) is 9.97 Å². The third kappa shape index (κ3) is 4.98. The number of carbonyl (C=O) groups excluding carboxylic acids is 2. The molecule has 0 aliphatic heterocycles. The number of H-pyrrole nitrogens is 1. The highest BCUT2D eigenvalue weighted by Crippen LogP contribution is 2.20. The van der Waals surface area contributed by atoms with E-state index in [-0.39, 0.29) is 11.3 Å². The zero-order chi connectivity index (χ0) is 23.4. The number of aryl methyl sites for hydroxylation is 2. The molecule has 0 radical (unpaired) electrons. The van der Waals surface area contributed by atoms with Crippen LogP contribution in [0.3, 0.4) is 0 Å². The van der Waals surface area contributed by atoms with Gasteiger partial charge in [-0.2, -0.15) is 0 Å². The summed E-state index contributed by atoms with van der Waals surface area (Å²) in [5.41, 5.74) is 2.82. The second-order valence-electron chi connectivity index (χ2n) is 7.72. The van der Waals surface area contributed by atoms with E-state index in [1.165, 1.54) is 19.4 Å². The lowest BCUT2D eigenvalue weighted by atomic mass is 10.0. The Hall–Kier alpha value is -4.26. The molecule has 0 atom stereocenters. The van der Waals surface area contributed by atoms with E-state index < -0.39 is 11.5 Å². The first-order valence-corrected chi connectivity index (χ1v) is 10.5. The molecule has 1 amide bonds. The molecule has 4 rings (SSSR count). The third-order valence-electron chi connectivity index (χ3n) is 5.45. The van der Waals surface area contributed by atoms with Gasteiger partial charge in [-0.3, -0.25) is 14.4 Å². The number of fused-ring (bicyclic) bond motifs is 1. The summed E-state index contributed by atoms with van der Waals surface area (Å²) in [6.45, 7) is 1.83. The number of amides is 1. The van der Waals surface area contributed by atoms with Crippen LogP contribution in [-0.2, 0) is 6.42 Å². The SMILES string of the molecule is COc1cc2[nH]c(=O)c(C(=O)Nc3cc(C(=O)CCc4ccccc4)ccc3C)cc2cn1. The average Bonchev–Trinajstić information content (AvgIpc) is 2.83. The predicted octanol–water partition coefficient (Wildman–Crippen LogP) is 4.31. The third-order valence-corrected chi connectivity index (χ3v) is 5.45. The molecule has 166 valence electrons. The van der Waals surface area contributed by atoms with Crippen molar-refractivity contribution in [3.63, 3.8) is 0 Å². The predicted molar refractivity (Wildman–Crippen MR) is 127 cm³/mol. The molecule has 0 bridgehead atoms. The van der Waals surface area contributed by atoms with Crippen LogP contribution in [0.2, 0.25) is 0 Å². The van der Waals surface area contributed by atoms with Crippen molar-refractivity contribution in [2.75, 3.05) is 12.4 Å². The number of nitrogens with one attached hydrogen (secondary N) is 2. The Kier molecular flexibility index (Phi) is 6.31. The van der Waals surface area contributed by atoms with Gasteiger partial charge in [0.1, 0.15) is 5.56 Å². The van der Waals surface area contributed by atoms with Gasteiger partial charge in [-0.05, 0) is 36.6 Å². The zero-order valence-corrected chi connectivity index (χ0v) is 18.3. The highest BCUT2D eigenvalue weighted by atomic mass is 16.5. The molecule has 7 heteroatoms. The van der Waals surface area contributed by atoms with Gasteiger partial charge in [0.25, 0.3) is 11.5 Å². The van der Waals surface area contributed by atoms with E-state index in [0.717, 1.165) is 11.1 Å². The van der Waals surface area contributed by atoms with Crippen molar-refractivity contribution in [3.8, 4) is 5.88 Å². The maximum Gasteiger partial charge on any atom is 0.261 e. The Morgan fingerprint density at radius 3 is 2.61 bits per heavy atom. The number of pyridine rings is 2. The molecule has 2 aromatic heterocycles. The smallest absolute Gasteiger partial charge is 0.261 e. The summed E-state index contributed by atoms with van der Waals surface area (Å²) < 4.78 is 5.06. The molecule has 0 saturated carbocycles. The molecule has 0 fully saturated rings. The van der Waals surface area contributed by atoms with Gasteiger partial charge >= 0.3 is 0 Å². The van der Waals surface area contributed by atoms with Crippen LogP contribution in [0.1, 0.15) is 38.3 Å². The van der Waals surface area contributed by atoms with Crippen molar-refractivity contribution in [2.24, 2.45) is 0 Å². The summed E-state index contributed by atoms with van der Waals surface area (Å²) in [5.74, 6) is -0.219. The van der Waals surface area contributed by atoms with Gasteiger partial charge in [-0.25, -0.2) is 4.98 Å². The van der Waals surface area contributed by atoms with Gasteiger partial charge < -0.3 is 15.0 Å². The van der Waals surface area contributed by atoms with Gasteiger partial charge in [0.05, 0.1) is 12.6 Å². The van der Waals surface area contributed by atoms with Crippen LogP contribution in [0.5, 0.6) is 5.88 Å². The second-order valence-corrected chi connectivity index (χ2v) is 7.72. The second kappa shape index (κ2) is 9.48. The largest absolute Gasteiger partial charge is 0.481 e. The van der Waals surface area contributed by atoms with Gasteiger partial charge in [-0.1, -0.05) is 42.5 Å². The van der Waals surface area contributed by atoms with Crippen molar-refractivity contribution < 1.29 is 14.3 Å². The molecule has 0 aliphatic carbocycles. The molecule has 0 spiro atoms. The maximum atomic E-state index is 12.9. The minimum atomic E-state index is -0.564. The summed E-state index contributed by atoms with van der Waals surface area (Å²) in [4.78, 5) is 44.9. The molecule has 2 heterocycles. The molecule has 7 nitrogen and oxygen atoms in total. The number of Topliss-reactive ketones (excluding diaryl/α,β-unsaturated/α-hetero) is 1. The van der Waals surface area contributed by atoms with E-state index in [0.29, 0.717) is 40.9 Å². The highest BCUT2D eigenvalue weighted by molar-refractivity contribution is 6.07. The minimum absolute atomic E-state index is 0.0158. The number of methoxy groups -OCH3 is 1. The summed E-state index contributed by atoms with van der Waals surface area (Å²) in [7, 11) is 1.48. The fourth-order valence-electron chi connectivity index (χ4n) is 3.53. The lowest BCUT2D eigenvalue weighted by Gasteiger charge is -2.11. The van der Waals surface area contributed by atoms with E-state index in [9.17, 15) is 14.4 Å². The summed E-state index contributed by atoms with van der Waals surface area (Å²) in [5, 5.41) is 3.37. The van der Waals surface area contributed by atoms with Crippen LogP contribution >= 0.6 is 0 Å². The lowest BCUT2D eigenvalue weighted by molar-refractivity contribution is 0.0980. The van der Waals surface area contributed by atoms with Gasteiger partial charge in [0.15, 0.2) is 5.78 Å². The Morgan fingerprint density at radius 1 is 1.06 bits per heavy atom. The monoisotopic (exact) mass is 441 g/mol. The molecule has 0 unspecified atom stereocenters. The Balaban J connectivity index is 1.53. The molecule has 0 aliphatic rings. The van der Waals surface area contributed by atoms with Crippen molar-refractivity contribution in [3.05, 3.63) is 99.5 Å². The van der Waals surface area contributed by atoms with Gasteiger partial charge in [-0.15, -0.1) is 0 Å². The number of anilines is 1. The number of aromatic amines is 1. The van der Waals surface area contributed by atoms with Crippen molar-refractivity contribution in [1.29, 1.82) is 0 Å². The number of aromatic nitrogens is 2. The molecule has 4 aromatic rings. The molecule has 0 saturated heterocycles. The number of hydrogen-bond donors (Lipinski definition) is 2. The van der Waals surface area contributed by atoms with Crippen molar-refractivity contribution in [2.45, 2.75) is 19.8 Å². The fraction of sp³-hybridized carbons (Fsp3) is 0.154. The van der Waals surface area contributed by atoms with E-state index in [1.54, 1.807) is 24.3 Å². The number of ether oxygens (including phenoxy) is 1. The molecule has 33 heavy (non-hydrogen) atoms. The zero-order valence-electron chi connectivity index (χ0n) is 18.3. The Morgan fingerprint density at radius 2 is 1.85 bits per heavy atom. The number of carbonyl (C=O) groups is 2. The normalized spacial score (nSPS) is 10.7. The van der Waals surface area contributed by atoms with Crippen LogP contribution in [0.15, 0.2) is 71.7 Å². The first-order chi connectivity index (χ1) is 15.9. The Labute approximate surface area is 190 Å². The molecular weight excluding hydrogens is 418 g/mol. The minimum Gasteiger partial charge on any atom is -0.481 e. The number of nitrogens with zero attached hydrogens (tertiary/aromatic N) is 1. The number of benzene rings is 2. The van der Waals surface area contributed by atoms with Crippen LogP contribution in [-0.4, -0.2) is 28.8 Å². The number of rotatable bonds is 7. The maximum absolute atomic E-state index is 12.9. The molecular formula is C26H23N3O4. The first-order valence-electron chi connectivity index (χ1n) is 10.5. The topological polar surface area (TPSA) is 101 Å². The van der Waals surface area contributed by atoms with E-state index in [2.05, 4.69) is 15.3 Å². The standard InChI is InChI=1S/C26H23N3O4/c1-16-8-10-18(23(30)11-9-17-6-4-3-5-7-17)13-21(16)28-25(31)20-12-19-15-27-24(33-2)14-22(19)29-26(20)32/h3-8,10,12-15H,9,11H2,1-2H3,(H,28,31)(H,29,32). The van der Waals surface area contributed by atoms with Gasteiger partial charge in [0.2, 0.25) is 5.88 Å². The van der Waals surface area contributed by atoms with E-state index in [1.807, 2.05) is 37.3 Å². The van der Waals surface area contributed by atoms with Crippen LogP contribution in [0.4, 0.5) is 5.69 Å². The Bertz CT molecular complexity index is 1390. The van der Waals surface area contributed by atoms with E-state index >= 15 is 0 Å². The summed E-state index contributed by atoms with van der Waals surface area (Å²) in [6.07, 6.45) is 2.53. The number of ketones is 1. The quantitative estimate of drug-likeness (QED) is 0.416. The van der Waals surface area contributed by atoms with Crippen LogP contribution in [0, 0.1) is 6.92 Å². The summed E-state index contributed by atoms with van der Waals surface area (Å²) in [6, 6.07) is 18.1. The van der Waals surface area contributed by atoms with E-state index in [4.69, 9.17) is 4.74 Å². The average molecular weight is 441 g/mol. The van der Waals surface area contributed by atoms with Gasteiger partial charge in [0, 0.05) is 35.3 Å². The fourth-order valence-corrected chi connectivity index (χ4v) is 3.53. The molecule has 2 aromatic carbocycles. The number of hydrogen-bond acceptors (Lipinski definition) is 5. The summed E-state index contributed by atoms with van der Waals surface area (Å²) >= 11 is 0. The van der Waals surface area contributed by atoms with Crippen molar-refractivity contribution >= 4 is 28.3 Å². The van der Waals surface area contributed by atoms with Crippen LogP contribution < -0.4 is 15.6 Å². The highest BCUT2D eigenvalue weighted by Gasteiger charge is 2.15. The molecule has 2 N–H and O–H groups in total.